The molecule has 1 aliphatic rings. The Bertz CT molecular complexity index is 748. The molecule has 22 heavy (non-hydrogen) atoms. The van der Waals surface area contributed by atoms with Crippen LogP contribution in [-0.4, -0.2) is 33.0 Å². The molecule has 2 N–H and O–H groups in total. The molecule has 7 heteroatoms. The van der Waals surface area contributed by atoms with Gasteiger partial charge in [0.25, 0.3) is 0 Å². The molecule has 116 valence electrons. The Labute approximate surface area is 132 Å². The van der Waals surface area contributed by atoms with E-state index in [4.69, 9.17) is 11.6 Å². The first kappa shape index (κ1) is 14.8. The van der Waals surface area contributed by atoms with Crippen molar-refractivity contribution >= 4 is 17.5 Å². The number of carbonyl (C=O) groups is 1. The molecule has 1 aromatic carbocycles. The standard InChI is InChI=1S/C15H17ClN4O2/c1-20(9-12-17-14(22)19-18-12)13(21)15(6-3-7-15)10-4-2-5-11(16)8-10/h2,4-5,8H,3,6-7,9H2,1H3,(H2,17,18,19,22). The highest BCUT2D eigenvalue weighted by Gasteiger charge is 2.47. The van der Waals surface area contributed by atoms with E-state index in [1.165, 1.54) is 0 Å². The number of H-pyrrole nitrogens is 2. The first-order valence-electron chi connectivity index (χ1n) is 7.16. The van der Waals surface area contributed by atoms with E-state index in [0.29, 0.717) is 10.8 Å². The van der Waals surface area contributed by atoms with Crippen LogP contribution in [0.2, 0.25) is 5.02 Å². The summed E-state index contributed by atoms with van der Waals surface area (Å²) in [6.45, 7) is 0.264. The maximum Gasteiger partial charge on any atom is 0.340 e. The van der Waals surface area contributed by atoms with Crippen LogP contribution in [0.5, 0.6) is 0 Å². The molecule has 1 aromatic heterocycles. The summed E-state index contributed by atoms with van der Waals surface area (Å²) in [5.74, 6) is 0.478. The minimum Gasteiger partial charge on any atom is -0.337 e. The van der Waals surface area contributed by atoms with Gasteiger partial charge < -0.3 is 4.90 Å². The molecule has 3 rings (SSSR count). The molecule has 0 saturated heterocycles. The minimum atomic E-state index is -0.504. The summed E-state index contributed by atoms with van der Waals surface area (Å²) in [6.07, 6.45) is 2.65. The fraction of sp³-hybridized carbons (Fsp3) is 0.400. The van der Waals surface area contributed by atoms with Crippen molar-refractivity contribution in [3.63, 3.8) is 0 Å². The van der Waals surface area contributed by atoms with Crippen LogP contribution >= 0.6 is 11.6 Å². The predicted octanol–water partition coefficient (Wildman–Crippen LogP) is 1.83. The number of hydrogen-bond donors (Lipinski definition) is 2. The molecule has 0 unspecified atom stereocenters. The van der Waals surface area contributed by atoms with Crippen LogP contribution in [-0.2, 0) is 16.8 Å². The molecule has 0 atom stereocenters. The Morgan fingerprint density at radius 3 is 2.77 bits per heavy atom. The van der Waals surface area contributed by atoms with E-state index >= 15 is 0 Å². The zero-order chi connectivity index (χ0) is 15.7. The van der Waals surface area contributed by atoms with Gasteiger partial charge in [-0.3, -0.25) is 9.78 Å². The van der Waals surface area contributed by atoms with Crippen molar-refractivity contribution in [2.45, 2.75) is 31.2 Å². The van der Waals surface area contributed by atoms with Gasteiger partial charge in [-0.2, -0.15) is 5.10 Å². The van der Waals surface area contributed by atoms with Crippen LogP contribution in [0.25, 0.3) is 0 Å². The Balaban J connectivity index is 1.83. The summed E-state index contributed by atoms with van der Waals surface area (Å²) in [4.78, 5) is 28.2. The topological polar surface area (TPSA) is 81.8 Å². The molecule has 0 spiro atoms. The smallest absolute Gasteiger partial charge is 0.337 e. The molecule has 0 bridgehead atoms. The third kappa shape index (κ3) is 2.54. The largest absolute Gasteiger partial charge is 0.340 e. The molecule has 6 nitrogen and oxygen atoms in total. The van der Waals surface area contributed by atoms with Gasteiger partial charge in [0.15, 0.2) is 5.82 Å². The maximum atomic E-state index is 12.9. The zero-order valence-electron chi connectivity index (χ0n) is 12.2. The molecule has 1 heterocycles. The van der Waals surface area contributed by atoms with Crippen molar-refractivity contribution in [1.82, 2.24) is 20.1 Å². The number of carbonyl (C=O) groups excluding carboxylic acids is 1. The number of nitrogens with one attached hydrogen (secondary N) is 2. The number of rotatable bonds is 4. The number of likely N-dealkylation sites (N-methyl/N-ethyl adjacent to an activating group) is 1. The van der Waals surface area contributed by atoms with Gasteiger partial charge in [-0.05, 0) is 30.5 Å². The number of amides is 1. The summed E-state index contributed by atoms with van der Waals surface area (Å²) in [5.41, 5.74) is 0.0821. The molecule has 1 saturated carbocycles. The number of hydrogen-bond acceptors (Lipinski definition) is 3. The normalized spacial score (nSPS) is 16.1. The number of aromatic amines is 2. The highest BCUT2D eigenvalue weighted by Crippen LogP contribution is 2.45. The average Bonchev–Trinajstić information content (AvgIpc) is 2.83. The Morgan fingerprint density at radius 1 is 1.45 bits per heavy atom. The summed E-state index contributed by atoms with van der Waals surface area (Å²) in [5, 5.41) is 6.78. The molecule has 2 aromatic rings. The van der Waals surface area contributed by atoms with E-state index in [9.17, 15) is 9.59 Å². The molecule has 1 fully saturated rings. The van der Waals surface area contributed by atoms with Gasteiger partial charge in [0.1, 0.15) is 0 Å². The summed E-state index contributed by atoms with van der Waals surface area (Å²) in [6, 6.07) is 7.49. The van der Waals surface area contributed by atoms with E-state index in [0.717, 1.165) is 24.8 Å². The second-order valence-corrected chi connectivity index (χ2v) is 6.17. The SMILES string of the molecule is CN(Cc1n[nH]c(=O)[nH]1)C(=O)C1(c2cccc(Cl)c2)CCC1. The van der Waals surface area contributed by atoms with Crippen LogP contribution < -0.4 is 5.69 Å². The molecular formula is C15H17ClN4O2. The van der Waals surface area contributed by atoms with Gasteiger partial charge in [0.05, 0.1) is 12.0 Å². The molecule has 1 amide bonds. The maximum absolute atomic E-state index is 12.9. The second kappa shape index (κ2) is 5.61. The van der Waals surface area contributed by atoms with Crippen molar-refractivity contribution in [2.24, 2.45) is 0 Å². The number of halogens is 1. The summed E-state index contributed by atoms with van der Waals surface area (Å²) in [7, 11) is 1.72. The lowest BCUT2D eigenvalue weighted by atomic mass is 9.63. The number of aromatic nitrogens is 3. The molecule has 1 aliphatic carbocycles. The first-order chi connectivity index (χ1) is 10.5. The van der Waals surface area contributed by atoms with Gasteiger partial charge in [-0.25, -0.2) is 9.89 Å². The lowest BCUT2D eigenvalue weighted by Gasteiger charge is -2.43. The van der Waals surface area contributed by atoms with Crippen molar-refractivity contribution in [3.05, 3.63) is 51.2 Å². The van der Waals surface area contributed by atoms with E-state index in [1.807, 2.05) is 18.2 Å². The van der Waals surface area contributed by atoms with Crippen molar-refractivity contribution in [3.8, 4) is 0 Å². The fourth-order valence-electron chi connectivity index (χ4n) is 2.98. The summed E-state index contributed by atoms with van der Waals surface area (Å²) >= 11 is 6.07. The monoisotopic (exact) mass is 320 g/mol. The average molecular weight is 321 g/mol. The predicted molar refractivity (Wildman–Crippen MR) is 82.7 cm³/mol. The van der Waals surface area contributed by atoms with Crippen molar-refractivity contribution in [1.29, 1.82) is 0 Å². The van der Waals surface area contributed by atoms with Crippen molar-refractivity contribution < 1.29 is 4.79 Å². The van der Waals surface area contributed by atoms with Gasteiger partial charge in [0.2, 0.25) is 5.91 Å². The highest BCUT2D eigenvalue weighted by atomic mass is 35.5. The number of nitrogens with zero attached hydrogens (tertiary/aromatic N) is 2. The highest BCUT2D eigenvalue weighted by molar-refractivity contribution is 6.30. The fourth-order valence-corrected chi connectivity index (χ4v) is 3.17. The number of benzene rings is 1. The van der Waals surface area contributed by atoms with Gasteiger partial charge in [0, 0.05) is 12.1 Å². The van der Waals surface area contributed by atoms with Crippen LogP contribution in [0.1, 0.15) is 30.7 Å². The zero-order valence-corrected chi connectivity index (χ0v) is 13.0. The lowest BCUT2D eigenvalue weighted by Crippen LogP contribution is -2.49. The van der Waals surface area contributed by atoms with Crippen molar-refractivity contribution in [2.75, 3.05) is 7.05 Å². The Kier molecular flexibility index (Phi) is 3.78. The molecule has 0 radical (unpaired) electrons. The van der Waals surface area contributed by atoms with Crippen LogP contribution in [0, 0.1) is 0 Å². The van der Waals surface area contributed by atoms with Crippen LogP contribution in [0.15, 0.2) is 29.1 Å². The molecular weight excluding hydrogens is 304 g/mol. The third-order valence-corrected chi connectivity index (χ3v) is 4.51. The van der Waals surface area contributed by atoms with E-state index < -0.39 is 5.41 Å². The third-order valence-electron chi connectivity index (χ3n) is 4.28. The van der Waals surface area contributed by atoms with E-state index in [-0.39, 0.29) is 18.1 Å². The molecule has 0 aliphatic heterocycles. The lowest BCUT2D eigenvalue weighted by molar-refractivity contribution is -0.140. The van der Waals surface area contributed by atoms with Gasteiger partial charge in [-0.1, -0.05) is 30.2 Å². The first-order valence-corrected chi connectivity index (χ1v) is 7.54. The Hall–Kier alpha value is -2.08. The van der Waals surface area contributed by atoms with Gasteiger partial charge in [-0.15, -0.1) is 0 Å². The van der Waals surface area contributed by atoms with Crippen LogP contribution in [0.3, 0.4) is 0 Å². The minimum absolute atomic E-state index is 0.0323. The Morgan fingerprint density at radius 2 is 2.23 bits per heavy atom. The van der Waals surface area contributed by atoms with E-state index in [2.05, 4.69) is 15.2 Å². The summed E-state index contributed by atoms with van der Waals surface area (Å²) < 4.78 is 0. The van der Waals surface area contributed by atoms with Gasteiger partial charge >= 0.3 is 5.69 Å². The second-order valence-electron chi connectivity index (χ2n) is 5.73. The van der Waals surface area contributed by atoms with E-state index in [1.54, 1.807) is 18.0 Å². The van der Waals surface area contributed by atoms with Crippen LogP contribution in [0.4, 0.5) is 0 Å². The quantitative estimate of drug-likeness (QED) is 0.901.